The summed E-state index contributed by atoms with van der Waals surface area (Å²) in [5.41, 5.74) is 5.73. The average molecular weight is 316 g/mol. The molecular weight excluding hydrogens is 292 g/mol. The van der Waals surface area contributed by atoms with Gasteiger partial charge in [-0.2, -0.15) is 0 Å². The molecule has 0 aliphatic heterocycles. The minimum atomic E-state index is 0.930. The highest BCUT2D eigenvalue weighted by Crippen LogP contribution is 2.27. The highest BCUT2D eigenvalue weighted by Gasteiger charge is 2.11. The van der Waals surface area contributed by atoms with Crippen LogP contribution in [0, 0.1) is 0 Å². The van der Waals surface area contributed by atoms with Crippen LogP contribution in [-0.4, -0.2) is 23.0 Å². The van der Waals surface area contributed by atoms with E-state index in [-0.39, 0.29) is 0 Å². The van der Waals surface area contributed by atoms with Crippen LogP contribution >= 0.6 is 0 Å². The molecule has 0 spiro atoms. The van der Waals surface area contributed by atoms with Crippen molar-refractivity contribution in [3.63, 3.8) is 0 Å². The maximum atomic E-state index is 5.01. The van der Waals surface area contributed by atoms with E-state index in [2.05, 4.69) is 85.5 Å². The van der Waals surface area contributed by atoms with Gasteiger partial charge in [0.1, 0.15) is 0 Å². The highest BCUT2D eigenvalue weighted by molar-refractivity contribution is 5.68. The minimum Gasteiger partial charge on any atom is -0.300 e. The first kappa shape index (κ1) is 16.4. The normalized spacial score (nSPS) is 11.0. The second-order valence-electron chi connectivity index (χ2n) is 5.90. The molecule has 0 amide bonds. The molecule has 24 heavy (non-hydrogen) atoms. The Bertz CT molecular complexity index is 762. The van der Waals surface area contributed by atoms with E-state index in [0.717, 1.165) is 36.6 Å². The van der Waals surface area contributed by atoms with Gasteiger partial charge in [0, 0.05) is 17.7 Å². The van der Waals surface area contributed by atoms with Crippen LogP contribution < -0.4 is 0 Å². The van der Waals surface area contributed by atoms with E-state index in [1.54, 1.807) is 0 Å². The van der Waals surface area contributed by atoms with Crippen molar-refractivity contribution >= 4 is 0 Å². The van der Waals surface area contributed by atoms with Crippen molar-refractivity contribution in [2.75, 3.05) is 13.1 Å². The summed E-state index contributed by atoms with van der Waals surface area (Å²) in [6, 6.07) is 25.2. The molecule has 3 rings (SSSR count). The Labute approximate surface area is 144 Å². The second kappa shape index (κ2) is 7.89. The van der Waals surface area contributed by atoms with Gasteiger partial charge in [-0.15, -0.1) is 0 Å². The summed E-state index contributed by atoms with van der Waals surface area (Å²) in [6.07, 6.45) is 0. The minimum absolute atomic E-state index is 0.930. The Kier molecular flexibility index (Phi) is 5.39. The Hall–Kier alpha value is -2.45. The lowest BCUT2D eigenvalue weighted by atomic mass is 10.0. The molecule has 2 nitrogen and oxygen atoms in total. The van der Waals surface area contributed by atoms with Gasteiger partial charge in [0.2, 0.25) is 0 Å². The van der Waals surface area contributed by atoms with Crippen molar-refractivity contribution in [2.45, 2.75) is 20.4 Å². The van der Waals surface area contributed by atoms with Crippen LogP contribution in [-0.2, 0) is 6.54 Å². The van der Waals surface area contributed by atoms with Crippen LogP contribution in [0.15, 0.2) is 72.8 Å². The van der Waals surface area contributed by atoms with Gasteiger partial charge < -0.3 is 0 Å². The van der Waals surface area contributed by atoms with Crippen LogP contribution in [0.1, 0.15) is 19.4 Å². The van der Waals surface area contributed by atoms with E-state index in [1.807, 2.05) is 6.07 Å². The predicted molar refractivity (Wildman–Crippen MR) is 102 cm³/mol. The summed E-state index contributed by atoms with van der Waals surface area (Å²) >= 11 is 0. The van der Waals surface area contributed by atoms with Gasteiger partial charge in [0.25, 0.3) is 0 Å². The molecule has 0 aliphatic carbocycles. The van der Waals surface area contributed by atoms with Gasteiger partial charge >= 0.3 is 0 Å². The number of hydrogen-bond acceptors (Lipinski definition) is 2. The fraction of sp³-hybridized carbons (Fsp3) is 0.227. The molecule has 0 fully saturated rings. The molecule has 0 bridgehead atoms. The summed E-state index contributed by atoms with van der Waals surface area (Å²) in [5.74, 6) is 0. The molecule has 0 aliphatic rings. The van der Waals surface area contributed by atoms with E-state index in [4.69, 9.17) is 4.98 Å². The Balaban J connectivity index is 2.06. The van der Waals surface area contributed by atoms with Gasteiger partial charge in [-0.3, -0.25) is 4.90 Å². The first-order valence-electron chi connectivity index (χ1n) is 8.65. The monoisotopic (exact) mass is 316 g/mol. The lowest BCUT2D eigenvalue weighted by Crippen LogP contribution is -2.22. The molecule has 1 aromatic heterocycles. The number of aromatic nitrogens is 1. The lowest BCUT2D eigenvalue weighted by Gasteiger charge is -2.20. The summed E-state index contributed by atoms with van der Waals surface area (Å²) in [5, 5.41) is 0. The lowest BCUT2D eigenvalue weighted by molar-refractivity contribution is 0.296. The summed E-state index contributed by atoms with van der Waals surface area (Å²) in [7, 11) is 0. The average Bonchev–Trinajstić information content (AvgIpc) is 2.67. The Morgan fingerprint density at radius 1 is 0.708 bits per heavy atom. The second-order valence-corrected chi connectivity index (χ2v) is 5.90. The molecule has 0 saturated carbocycles. The van der Waals surface area contributed by atoms with E-state index in [1.165, 1.54) is 11.1 Å². The highest BCUT2D eigenvalue weighted by atomic mass is 15.1. The third-order valence-corrected chi connectivity index (χ3v) is 4.38. The molecule has 0 unspecified atom stereocenters. The zero-order valence-electron chi connectivity index (χ0n) is 14.4. The summed E-state index contributed by atoms with van der Waals surface area (Å²) in [4.78, 5) is 7.43. The molecule has 0 N–H and O–H groups in total. The third kappa shape index (κ3) is 3.72. The van der Waals surface area contributed by atoms with Crippen molar-refractivity contribution in [3.05, 3.63) is 78.4 Å². The molecule has 122 valence electrons. The fourth-order valence-electron chi connectivity index (χ4n) is 2.92. The van der Waals surface area contributed by atoms with E-state index < -0.39 is 0 Å². The Morgan fingerprint density at radius 3 is 1.88 bits per heavy atom. The van der Waals surface area contributed by atoms with Crippen molar-refractivity contribution in [1.29, 1.82) is 0 Å². The van der Waals surface area contributed by atoms with Crippen molar-refractivity contribution in [3.8, 4) is 22.5 Å². The zero-order valence-corrected chi connectivity index (χ0v) is 14.4. The molecule has 0 atom stereocenters. The van der Waals surface area contributed by atoms with Crippen molar-refractivity contribution < 1.29 is 0 Å². The van der Waals surface area contributed by atoms with Crippen LogP contribution in [0.25, 0.3) is 22.5 Å². The quantitative estimate of drug-likeness (QED) is 0.617. The molecule has 1 heterocycles. The standard InChI is InChI=1S/C22H24N2/c1-3-24(4-2)17-20-15-16-21(18-11-7-5-8-12-18)23-22(20)19-13-9-6-10-14-19/h5-16H,3-4,17H2,1-2H3. The number of hydrogen-bond donors (Lipinski definition) is 0. The number of pyridine rings is 1. The SMILES string of the molecule is CCN(CC)Cc1ccc(-c2ccccc2)nc1-c1ccccc1. The molecular formula is C22H24N2. The smallest absolute Gasteiger partial charge is 0.0754 e. The van der Waals surface area contributed by atoms with Crippen LogP contribution in [0.4, 0.5) is 0 Å². The number of benzene rings is 2. The first-order valence-corrected chi connectivity index (χ1v) is 8.65. The fourth-order valence-corrected chi connectivity index (χ4v) is 2.92. The molecule has 2 heteroatoms. The summed E-state index contributed by atoms with van der Waals surface area (Å²) < 4.78 is 0. The largest absolute Gasteiger partial charge is 0.300 e. The maximum Gasteiger partial charge on any atom is 0.0754 e. The zero-order chi connectivity index (χ0) is 16.8. The van der Waals surface area contributed by atoms with Crippen LogP contribution in [0.5, 0.6) is 0 Å². The summed E-state index contributed by atoms with van der Waals surface area (Å²) in [6.45, 7) is 7.44. The predicted octanol–water partition coefficient (Wildman–Crippen LogP) is 5.26. The Morgan fingerprint density at radius 2 is 1.29 bits per heavy atom. The van der Waals surface area contributed by atoms with Crippen molar-refractivity contribution in [2.24, 2.45) is 0 Å². The first-order chi connectivity index (χ1) is 11.8. The van der Waals surface area contributed by atoms with E-state index in [0.29, 0.717) is 0 Å². The molecule has 0 radical (unpaired) electrons. The number of nitrogens with zero attached hydrogens (tertiary/aromatic N) is 2. The molecule has 3 aromatic rings. The molecule has 2 aromatic carbocycles. The van der Waals surface area contributed by atoms with E-state index >= 15 is 0 Å². The topological polar surface area (TPSA) is 16.1 Å². The van der Waals surface area contributed by atoms with Gasteiger partial charge in [0.15, 0.2) is 0 Å². The molecule has 0 saturated heterocycles. The van der Waals surface area contributed by atoms with Gasteiger partial charge in [-0.05, 0) is 24.7 Å². The third-order valence-electron chi connectivity index (χ3n) is 4.38. The van der Waals surface area contributed by atoms with Gasteiger partial charge in [-0.25, -0.2) is 4.98 Å². The maximum absolute atomic E-state index is 5.01. The van der Waals surface area contributed by atoms with Crippen LogP contribution in [0.3, 0.4) is 0 Å². The van der Waals surface area contributed by atoms with Crippen LogP contribution in [0.2, 0.25) is 0 Å². The number of rotatable bonds is 6. The van der Waals surface area contributed by atoms with Gasteiger partial charge in [0.05, 0.1) is 11.4 Å². The van der Waals surface area contributed by atoms with Gasteiger partial charge in [-0.1, -0.05) is 80.6 Å². The van der Waals surface area contributed by atoms with E-state index in [9.17, 15) is 0 Å². The van der Waals surface area contributed by atoms with Crippen molar-refractivity contribution in [1.82, 2.24) is 9.88 Å².